The summed E-state index contributed by atoms with van der Waals surface area (Å²) < 4.78 is 26.3. The van der Waals surface area contributed by atoms with Gasteiger partial charge in [0.15, 0.2) is 5.69 Å². The SMILES string of the molecule is Cc1[nH]nc(C(=O)O)c1S(=O)(=O)NC(C)CC(N)=O. The Hall–Kier alpha value is -1.94. The third-order valence-corrected chi connectivity index (χ3v) is 3.98. The van der Waals surface area contributed by atoms with E-state index in [0.29, 0.717) is 0 Å². The standard InChI is InChI=1S/C9H14N4O5S/c1-4(3-6(10)14)13-19(17,18)8-5(2)11-12-7(8)9(15)16/h4,13H,3H2,1-2H3,(H2,10,14)(H,11,12)(H,15,16). The molecule has 0 saturated heterocycles. The van der Waals surface area contributed by atoms with Crippen molar-refractivity contribution in [3.63, 3.8) is 0 Å². The molecule has 5 N–H and O–H groups in total. The zero-order valence-electron chi connectivity index (χ0n) is 10.3. The summed E-state index contributed by atoms with van der Waals surface area (Å²) in [5, 5.41) is 14.6. The molecule has 0 bridgehead atoms. The van der Waals surface area contributed by atoms with E-state index in [1.807, 2.05) is 0 Å². The van der Waals surface area contributed by atoms with E-state index < -0.39 is 38.5 Å². The van der Waals surface area contributed by atoms with Gasteiger partial charge in [0, 0.05) is 12.5 Å². The maximum absolute atomic E-state index is 12.0. The molecule has 1 amide bonds. The number of primary amides is 1. The predicted molar refractivity (Wildman–Crippen MR) is 63.9 cm³/mol. The Kier molecular flexibility index (Phi) is 4.27. The Bertz CT molecular complexity index is 606. The highest BCUT2D eigenvalue weighted by atomic mass is 32.2. The molecule has 0 fully saturated rings. The van der Waals surface area contributed by atoms with Crippen molar-refractivity contribution in [2.45, 2.75) is 31.2 Å². The number of aryl methyl sites for hydroxylation is 1. The Labute approximate surface area is 109 Å². The topological polar surface area (TPSA) is 155 Å². The van der Waals surface area contributed by atoms with E-state index in [2.05, 4.69) is 14.9 Å². The zero-order chi connectivity index (χ0) is 14.8. The molecule has 1 aromatic rings. The van der Waals surface area contributed by atoms with Gasteiger partial charge in [-0.25, -0.2) is 17.9 Å². The lowest BCUT2D eigenvalue weighted by atomic mass is 10.2. The number of nitrogens with two attached hydrogens (primary N) is 1. The molecule has 1 heterocycles. The van der Waals surface area contributed by atoms with Gasteiger partial charge in [0.2, 0.25) is 15.9 Å². The van der Waals surface area contributed by atoms with Crippen LogP contribution in [0.2, 0.25) is 0 Å². The summed E-state index contributed by atoms with van der Waals surface area (Å²) in [6, 6.07) is -0.751. The number of carbonyl (C=O) groups is 2. The number of amides is 1. The first-order valence-electron chi connectivity index (χ1n) is 5.24. The molecule has 0 radical (unpaired) electrons. The summed E-state index contributed by atoms with van der Waals surface area (Å²) >= 11 is 0. The van der Waals surface area contributed by atoms with Crippen LogP contribution >= 0.6 is 0 Å². The van der Waals surface area contributed by atoms with Crippen LogP contribution in [-0.4, -0.2) is 41.6 Å². The van der Waals surface area contributed by atoms with E-state index in [4.69, 9.17) is 10.8 Å². The highest BCUT2D eigenvalue weighted by molar-refractivity contribution is 7.89. The Morgan fingerprint density at radius 2 is 2.11 bits per heavy atom. The number of aromatic carboxylic acids is 1. The van der Waals surface area contributed by atoms with Crippen LogP contribution < -0.4 is 10.5 Å². The summed E-state index contributed by atoms with van der Waals surface area (Å²) in [5.74, 6) is -2.13. The molecule has 1 unspecified atom stereocenters. The van der Waals surface area contributed by atoms with Crippen molar-refractivity contribution in [2.24, 2.45) is 5.73 Å². The highest BCUT2D eigenvalue weighted by Crippen LogP contribution is 2.18. The fourth-order valence-corrected chi connectivity index (χ4v) is 3.13. The summed E-state index contributed by atoms with van der Waals surface area (Å²) in [4.78, 5) is 21.1. The van der Waals surface area contributed by atoms with E-state index in [0.717, 1.165) is 0 Å². The van der Waals surface area contributed by atoms with Crippen molar-refractivity contribution in [1.82, 2.24) is 14.9 Å². The van der Waals surface area contributed by atoms with Gasteiger partial charge in [-0.05, 0) is 13.8 Å². The quantitative estimate of drug-likeness (QED) is 0.524. The minimum absolute atomic E-state index is 0.0937. The number of carboxylic acids is 1. The maximum Gasteiger partial charge on any atom is 0.357 e. The first kappa shape index (κ1) is 15.1. The van der Waals surface area contributed by atoms with Gasteiger partial charge in [0.25, 0.3) is 0 Å². The highest BCUT2D eigenvalue weighted by Gasteiger charge is 2.29. The van der Waals surface area contributed by atoms with Gasteiger partial charge in [-0.1, -0.05) is 0 Å². The lowest BCUT2D eigenvalue weighted by Crippen LogP contribution is -2.36. The molecule has 0 aliphatic carbocycles. The molecule has 10 heteroatoms. The molecule has 1 atom stereocenters. The monoisotopic (exact) mass is 290 g/mol. The molecule has 19 heavy (non-hydrogen) atoms. The molecule has 0 aromatic carbocycles. The first-order valence-corrected chi connectivity index (χ1v) is 6.72. The Balaban J connectivity index is 3.11. The number of nitrogens with one attached hydrogen (secondary N) is 2. The smallest absolute Gasteiger partial charge is 0.357 e. The molecule has 0 aliphatic heterocycles. The number of nitrogens with zero attached hydrogens (tertiary/aromatic N) is 1. The van der Waals surface area contributed by atoms with Crippen LogP contribution in [0.4, 0.5) is 0 Å². The van der Waals surface area contributed by atoms with E-state index in [1.54, 1.807) is 0 Å². The van der Waals surface area contributed by atoms with Crippen LogP contribution in [0, 0.1) is 6.92 Å². The molecular weight excluding hydrogens is 276 g/mol. The van der Waals surface area contributed by atoms with E-state index in [1.165, 1.54) is 13.8 Å². The third kappa shape index (κ3) is 3.51. The van der Waals surface area contributed by atoms with Crippen LogP contribution in [0.5, 0.6) is 0 Å². The molecule has 1 aromatic heterocycles. The number of sulfonamides is 1. The lowest BCUT2D eigenvalue weighted by Gasteiger charge is -2.12. The van der Waals surface area contributed by atoms with Crippen LogP contribution in [0.15, 0.2) is 4.90 Å². The summed E-state index contributed by atoms with van der Waals surface area (Å²) in [6.07, 6.45) is -0.196. The van der Waals surface area contributed by atoms with Gasteiger partial charge >= 0.3 is 5.97 Å². The average molecular weight is 290 g/mol. The summed E-state index contributed by atoms with van der Waals surface area (Å²) in [5.41, 5.74) is 4.45. The molecule has 9 nitrogen and oxygen atoms in total. The van der Waals surface area contributed by atoms with Crippen LogP contribution in [-0.2, 0) is 14.8 Å². The van der Waals surface area contributed by atoms with Crippen molar-refractivity contribution in [1.29, 1.82) is 0 Å². The molecule has 1 rings (SSSR count). The molecule has 0 spiro atoms. The Morgan fingerprint density at radius 1 is 1.53 bits per heavy atom. The number of hydrogen-bond donors (Lipinski definition) is 4. The Morgan fingerprint density at radius 3 is 2.58 bits per heavy atom. The molecule has 106 valence electrons. The van der Waals surface area contributed by atoms with Crippen molar-refractivity contribution in [2.75, 3.05) is 0 Å². The van der Waals surface area contributed by atoms with Crippen molar-refractivity contribution in [3.8, 4) is 0 Å². The van der Waals surface area contributed by atoms with E-state index >= 15 is 0 Å². The molecule has 0 saturated carbocycles. The van der Waals surface area contributed by atoms with E-state index in [-0.39, 0.29) is 12.1 Å². The molecular formula is C9H14N4O5S. The van der Waals surface area contributed by atoms with Gasteiger partial charge < -0.3 is 10.8 Å². The number of aromatic amines is 1. The van der Waals surface area contributed by atoms with Crippen LogP contribution in [0.25, 0.3) is 0 Å². The number of hydrogen-bond acceptors (Lipinski definition) is 5. The van der Waals surface area contributed by atoms with Crippen LogP contribution in [0.1, 0.15) is 29.5 Å². The lowest BCUT2D eigenvalue weighted by molar-refractivity contribution is -0.118. The maximum atomic E-state index is 12.0. The number of H-pyrrole nitrogens is 1. The fourth-order valence-electron chi connectivity index (χ4n) is 1.56. The minimum Gasteiger partial charge on any atom is -0.476 e. The van der Waals surface area contributed by atoms with Gasteiger partial charge in [-0.15, -0.1) is 0 Å². The zero-order valence-corrected chi connectivity index (χ0v) is 11.1. The van der Waals surface area contributed by atoms with E-state index in [9.17, 15) is 18.0 Å². The summed E-state index contributed by atoms with van der Waals surface area (Å²) in [7, 11) is -4.10. The van der Waals surface area contributed by atoms with Gasteiger partial charge in [0.1, 0.15) is 4.90 Å². The molecule has 0 aliphatic rings. The number of carboxylic acid groups (broad SMARTS) is 1. The van der Waals surface area contributed by atoms with Crippen molar-refractivity contribution < 1.29 is 23.1 Å². The van der Waals surface area contributed by atoms with Gasteiger partial charge in [-0.3, -0.25) is 9.89 Å². The number of carbonyl (C=O) groups excluding carboxylic acids is 1. The van der Waals surface area contributed by atoms with Crippen molar-refractivity contribution in [3.05, 3.63) is 11.4 Å². The average Bonchev–Trinajstić information content (AvgIpc) is 2.58. The number of rotatable bonds is 6. The minimum atomic E-state index is -4.10. The second kappa shape index (κ2) is 5.36. The summed E-state index contributed by atoms with van der Waals surface area (Å²) in [6.45, 7) is 2.82. The van der Waals surface area contributed by atoms with Crippen molar-refractivity contribution >= 4 is 21.9 Å². The van der Waals surface area contributed by atoms with Gasteiger partial charge in [0.05, 0.1) is 5.69 Å². The third-order valence-electron chi connectivity index (χ3n) is 2.23. The fraction of sp³-hybridized carbons (Fsp3) is 0.444. The second-order valence-corrected chi connectivity index (χ2v) is 5.68. The van der Waals surface area contributed by atoms with Crippen LogP contribution in [0.3, 0.4) is 0 Å². The first-order chi connectivity index (χ1) is 8.65. The normalized spacial score (nSPS) is 13.2. The predicted octanol–water partition coefficient (Wildman–Crippen LogP) is -1.04. The largest absolute Gasteiger partial charge is 0.476 e. The number of aromatic nitrogens is 2. The second-order valence-electron chi connectivity index (χ2n) is 4.02. The van der Waals surface area contributed by atoms with Gasteiger partial charge in [-0.2, -0.15) is 5.10 Å².